The molecule has 0 aliphatic carbocycles. The number of rotatable bonds is 13. The van der Waals surface area contributed by atoms with E-state index in [2.05, 4.69) is 9.98 Å². The van der Waals surface area contributed by atoms with E-state index in [0.717, 1.165) is 72.9 Å². The van der Waals surface area contributed by atoms with Crippen LogP contribution in [-0.4, -0.2) is 54.0 Å². The molecule has 0 heterocycles. The van der Waals surface area contributed by atoms with E-state index < -0.39 is 0 Å². The third-order valence-corrected chi connectivity index (χ3v) is 4.62. The first kappa shape index (κ1) is 23.3. The molecule has 0 aromatic heterocycles. The molecule has 0 aliphatic heterocycles. The zero-order chi connectivity index (χ0) is 21.6. The summed E-state index contributed by atoms with van der Waals surface area (Å²) in [6, 6.07) is 11.6. The number of unbranched alkanes of at least 4 members (excludes halogenated alkanes) is 3. The lowest BCUT2D eigenvalue weighted by molar-refractivity contribution is 0.355. The zero-order valence-corrected chi connectivity index (χ0v) is 18.4. The molecule has 0 saturated carbocycles. The highest BCUT2D eigenvalue weighted by atomic mass is 16.5. The van der Waals surface area contributed by atoms with Gasteiger partial charge in [-0.1, -0.05) is 12.8 Å². The van der Waals surface area contributed by atoms with Crippen LogP contribution < -0.4 is 18.9 Å². The largest absolute Gasteiger partial charge is 0.493 e. The van der Waals surface area contributed by atoms with Crippen molar-refractivity contribution in [2.45, 2.75) is 25.7 Å². The fourth-order valence-corrected chi connectivity index (χ4v) is 2.97. The minimum Gasteiger partial charge on any atom is -0.493 e. The van der Waals surface area contributed by atoms with Gasteiger partial charge in [0.05, 0.1) is 28.4 Å². The first-order valence-corrected chi connectivity index (χ1v) is 10.2. The predicted molar refractivity (Wildman–Crippen MR) is 122 cm³/mol. The Morgan fingerprint density at radius 1 is 0.567 bits per heavy atom. The van der Waals surface area contributed by atoms with E-state index in [1.165, 1.54) is 0 Å². The average molecular weight is 413 g/mol. The third-order valence-electron chi connectivity index (χ3n) is 4.62. The number of hydrogen-bond donors (Lipinski definition) is 0. The van der Waals surface area contributed by atoms with Crippen LogP contribution in [0, 0.1) is 0 Å². The van der Waals surface area contributed by atoms with Crippen molar-refractivity contribution in [2.24, 2.45) is 9.98 Å². The summed E-state index contributed by atoms with van der Waals surface area (Å²) in [6.07, 6.45) is 8.21. The summed E-state index contributed by atoms with van der Waals surface area (Å²) >= 11 is 0. The minimum absolute atomic E-state index is 0.718. The topological polar surface area (TPSA) is 61.6 Å². The highest BCUT2D eigenvalue weighted by molar-refractivity contribution is 5.81. The van der Waals surface area contributed by atoms with Gasteiger partial charge in [0, 0.05) is 25.5 Å². The summed E-state index contributed by atoms with van der Waals surface area (Å²) in [5.74, 6) is 2.89. The van der Waals surface area contributed by atoms with E-state index in [-0.39, 0.29) is 0 Å². The van der Waals surface area contributed by atoms with Gasteiger partial charge in [0.2, 0.25) is 0 Å². The van der Waals surface area contributed by atoms with Gasteiger partial charge in [-0.3, -0.25) is 9.98 Å². The standard InChI is InChI=1S/C24H32N2O4/c1-27-21-11-9-19(15-23(21)29-3)17-25-13-7-5-6-8-14-26-18-20-10-12-22(28-2)24(16-20)30-4/h9-12,15-18H,5-8,13-14H2,1-4H3. The molecule has 0 spiro atoms. The van der Waals surface area contributed by atoms with Gasteiger partial charge in [0.25, 0.3) is 0 Å². The van der Waals surface area contributed by atoms with Gasteiger partial charge in [-0.05, 0) is 60.4 Å². The molecule has 0 atom stereocenters. The van der Waals surface area contributed by atoms with Gasteiger partial charge in [0.1, 0.15) is 0 Å². The lowest BCUT2D eigenvalue weighted by Gasteiger charge is -2.07. The maximum absolute atomic E-state index is 5.31. The molecule has 162 valence electrons. The van der Waals surface area contributed by atoms with Crippen LogP contribution in [-0.2, 0) is 0 Å². The lowest BCUT2D eigenvalue weighted by atomic mass is 10.2. The van der Waals surface area contributed by atoms with Crippen molar-refractivity contribution in [3.8, 4) is 23.0 Å². The van der Waals surface area contributed by atoms with Crippen molar-refractivity contribution in [3.05, 3.63) is 47.5 Å². The quantitative estimate of drug-likeness (QED) is 0.350. The van der Waals surface area contributed by atoms with Crippen LogP contribution in [0.4, 0.5) is 0 Å². The molecule has 2 rings (SSSR count). The van der Waals surface area contributed by atoms with Gasteiger partial charge < -0.3 is 18.9 Å². The molecule has 0 fully saturated rings. The van der Waals surface area contributed by atoms with E-state index in [4.69, 9.17) is 18.9 Å². The Bertz CT molecular complexity index is 764. The number of aliphatic imine (C=N–C) groups is 2. The molecule has 0 amide bonds. The summed E-state index contributed by atoms with van der Waals surface area (Å²) in [5, 5.41) is 0. The summed E-state index contributed by atoms with van der Waals surface area (Å²) in [7, 11) is 6.54. The molecule has 0 N–H and O–H groups in total. The van der Waals surface area contributed by atoms with E-state index in [1.807, 2.05) is 48.8 Å². The second-order valence-corrected chi connectivity index (χ2v) is 6.71. The van der Waals surface area contributed by atoms with Crippen LogP contribution >= 0.6 is 0 Å². The molecule has 0 aliphatic rings. The van der Waals surface area contributed by atoms with E-state index in [9.17, 15) is 0 Å². The molecule has 2 aromatic rings. The molecule has 0 bridgehead atoms. The molecule has 0 saturated heterocycles. The highest BCUT2D eigenvalue weighted by Gasteiger charge is 2.03. The minimum atomic E-state index is 0.718. The molecular weight excluding hydrogens is 380 g/mol. The van der Waals surface area contributed by atoms with Crippen molar-refractivity contribution in [2.75, 3.05) is 41.5 Å². The number of nitrogens with zero attached hydrogens (tertiary/aromatic N) is 2. The van der Waals surface area contributed by atoms with Gasteiger partial charge in [0.15, 0.2) is 23.0 Å². The van der Waals surface area contributed by atoms with Crippen molar-refractivity contribution in [1.82, 2.24) is 0 Å². The van der Waals surface area contributed by atoms with Crippen molar-refractivity contribution in [1.29, 1.82) is 0 Å². The predicted octanol–water partition coefficient (Wildman–Crippen LogP) is 4.82. The lowest BCUT2D eigenvalue weighted by Crippen LogP contribution is -1.93. The second kappa shape index (κ2) is 13.2. The summed E-state index contributed by atoms with van der Waals surface area (Å²) < 4.78 is 21.1. The molecule has 0 unspecified atom stereocenters. The van der Waals surface area contributed by atoms with Crippen molar-refractivity contribution >= 4 is 12.4 Å². The Morgan fingerprint density at radius 3 is 1.33 bits per heavy atom. The third kappa shape index (κ3) is 7.43. The highest BCUT2D eigenvalue weighted by Crippen LogP contribution is 2.27. The van der Waals surface area contributed by atoms with Crippen molar-refractivity contribution in [3.63, 3.8) is 0 Å². The van der Waals surface area contributed by atoms with E-state index in [1.54, 1.807) is 28.4 Å². The zero-order valence-electron chi connectivity index (χ0n) is 18.4. The molecule has 2 aromatic carbocycles. The van der Waals surface area contributed by atoms with Crippen LogP contribution in [0.2, 0.25) is 0 Å². The van der Waals surface area contributed by atoms with E-state index >= 15 is 0 Å². The normalized spacial score (nSPS) is 11.2. The summed E-state index contributed by atoms with van der Waals surface area (Å²) in [4.78, 5) is 9.01. The van der Waals surface area contributed by atoms with E-state index in [0.29, 0.717) is 0 Å². The summed E-state index contributed by atoms with van der Waals surface area (Å²) in [6.45, 7) is 1.65. The van der Waals surface area contributed by atoms with Gasteiger partial charge in [-0.25, -0.2) is 0 Å². The van der Waals surface area contributed by atoms with Crippen molar-refractivity contribution < 1.29 is 18.9 Å². The number of ether oxygens (including phenoxy) is 4. The second-order valence-electron chi connectivity index (χ2n) is 6.71. The SMILES string of the molecule is COc1ccc(C=NCCCCCCN=Cc2ccc(OC)c(OC)c2)cc1OC. The fraction of sp³-hybridized carbons (Fsp3) is 0.417. The summed E-state index contributed by atoms with van der Waals surface area (Å²) in [5.41, 5.74) is 2.02. The van der Waals surface area contributed by atoms with Crippen LogP contribution in [0.5, 0.6) is 23.0 Å². The van der Waals surface area contributed by atoms with Crippen LogP contribution in [0.25, 0.3) is 0 Å². The molecule has 30 heavy (non-hydrogen) atoms. The monoisotopic (exact) mass is 412 g/mol. The Morgan fingerprint density at radius 2 is 0.967 bits per heavy atom. The molecule has 6 heteroatoms. The Kier molecular flexibility index (Phi) is 10.3. The Labute approximate surface area is 179 Å². The van der Waals surface area contributed by atoms with Crippen LogP contribution in [0.3, 0.4) is 0 Å². The molecular formula is C24H32N2O4. The van der Waals surface area contributed by atoms with Gasteiger partial charge in [-0.2, -0.15) is 0 Å². The fourth-order valence-electron chi connectivity index (χ4n) is 2.97. The smallest absolute Gasteiger partial charge is 0.161 e. The first-order chi connectivity index (χ1) is 14.7. The van der Waals surface area contributed by atoms with Gasteiger partial charge in [-0.15, -0.1) is 0 Å². The number of benzene rings is 2. The Hall–Kier alpha value is -3.02. The van der Waals surface area contributed by atoms with Crippen LogP contribution in [0.1, 0.15) is 36.8 Å². The maximum Gasteiger partial charge on any atom is 0.161 e. The first-order valence-electron chi connectivity index (χ1n) is 10.2. The maximum atomic E-state index is 5.31. The molecule has 6 nitrogen and oxygen atoms in total. The number of hydrogen-bond acceptors (Lipinski definition) is 6. The van der Waals surface area contributed by atoms with Gasteiger partial charge >= 0.3 is 0 Å². The Balaban J connectivity index is 1.62. The average Bonchev–Trinajstić information content (AvgIpc) is 2.79. The molecule has 0 radical (unpaired) electrons. The number of methoxy groups -OCH3 is 4. The van der Waals surface area contributed by atoms with Crippen LogP contribution in [0.15, 0.2) is 46.4 Å².